The van der Waals surface area contributed by atoms with E-state index in [2.05, 4.69) is 10.3 Å². The predicted molar refractivity (Wildman–Crippen MR) is 70.4 cm³/mol. The summed E-state index contributed by atoms with van der Waals surface area (Å²) in [6, 6.07) is 0. The van der Waals surface area contributed by atoms with Gasteiger partial charge in [0.15, 0.2) is 0 Å². The molecule has 0 aromatic carbocycles. The largest absolute Gasteiger partial charge is 0.307 e. The number of thioether (sulfide) groups is 1. The van der Waals surface area contributed by atoms with Gasteiger partial charge >= 0.3 is 0 Å². The summed E-state index contributed by atoms with van der Waals surface area (Å²) in [5.74, 6) is 0.555. The van der Waals surface area contributed by atoms with Crippen LogP contribution in [0.3, 0.4) is 0 Å². The SMILES string of the molecule is O=C1NC(=S)S/C1=C/c1csc(C2CC2)n1. The van der Waals surface area contributed by atoms with Crippen molar-refractivity contribution in [1.82, 2.24) is 10.3 Å². The van der Waals surface area contributed by atoms with Gasteiger partial charge in [-0.25, -0.2) is 4.98 Å². The average Bonchev–Trinajstić information content (AvgIpc) is 2.91. The Labute approximate surface area is 106 Å². The van der Waals surface area contributed by atoms with Crippen molar-refractivity contribution < 1.29 is 4.79 Å². The van der Waals surface area contributed by atoms with Crippen LogP contribution in [0.5, 0.6) is 0 Å². The molecule has 2 aliphatic rings. The van der Waals surface area contributed by atoms with E-state index in [1.54, 1.807) is 11.3 Å². The molecule has 1 aromatic rings. The summed E-state index contributed by atoms with van der Waals surface area (Å²) >= 11 is 7.89. The molecule has 1 saturated heterocycles. The summed E-state index contributed by atoms with van der Waals surface area (Å²) < 4.78 is 0.522. The molecular formula is C10H8N2OS3. The minimum Gasteiger partial charge on any atom is -0.307 e. The molecule has 1 N–H and O–H groups in total. The van der Waals surface area contributed by atoms with Crippen molar-refractivity contribution in [3.8, 4) is 0 Å². The van der Waals surface area contributed by atoms with Crippen LogP contribution in [0.1, 0.15) is 29.5 Å². The Morgan fingerprint density at radius 1 is 1.56 bits per heavy atom. The molecule has 2 fully saturated rings. The normalized spacial score (nSPS) is 22.9. The number of thiocarbonyl (C=S) groups is 1. The topological polar surface area (TPSA) is 42.0 Å². The average molecular weight is 268 g/mol. The van der Waals surface area contributed by atoms with Gasteiger partial charge in [0.1, 0.15) is 4.32 Å². The first-order valence-electron chi connectivity index (χ1n) is 4.92. The summed E-state index contributed by atoms with van der Waals surface area (Å²) in [5, 5.41) is 5.78. The van der Waals surface area contributed by atoms with Crippen LogP contribution in [0.25, 0.3) is 6.08 Å². The number of hydrogen-bond acceptors (Lipinski definition) is 5. The number of amides is 1. The summed E-state index contributed by atoms with van der Waals surface area (Å²) in [5.41, 5.74) is 0.870. The van der Waals surface area contributed by atoms with E-state index in [4.69, 9.17) is 12.2 Å². The van der Waals surface area contributed by atoms with Crippen molar-refractivity contribution in [3.05, 3.63) is 21.0 Å². The van der Waals surface area contributed by atoms with Crippen molar-refractivity contribution >= 4 is 51.6 Å². The fraction of sp³-hybridized carbons (Fsp3) is 0.300. The van der Waals surface area contributed by atoms with Crippen LogP contribution in [0.15, 0.2) is 10.3 Å². The van der Waals surface area contributed by atoms with Crippen LogP contribution < -0.4 is 5.32 Å². The number of nitrogens with zero attached hydrogens (tertiary/aromatic N) is 1. The van der Waals surface area contributed by atoms with E-state index in [-0.39, 0.29) is 5.91 Å². The molecule has 0 spiro atoms. The smallest absolute Gasteiger partial charge is 0.263 e. The molecule has 2 heterocycles. The summed E-state index contributed by atoms with van der Waals surface area (Å²) in [4.78, 5) is 16.6. The second-order valence-electron chi connectivity index (χ2n) is 3.74. The molecule has 16 heavy (non-hydrogen) atoms. The number of thiazole rings is 1. The molecule has 1 aliphatic heterocycles. The van der Waals surface area contributed by atoms with E-state index >= 15 is 0 Å². The third kappa shape index (κ3) is 2.05. The monoisotopic (exact) mass is 268 g/mol. The lowest BCUT2D eigenvalue weighted by Gasteiger charge is -1.89. The minimum absolute atomic E-state index is 0.115. The summed E-state index contributed by atoms with van der Waals surface area (Å²) in [7, 11) is 0. The fourth-order valence-corrected chi connectivity index (χ4v) is 3.42. The van der Waals surface area contributed by atoms with Crippen LogP contribution in [-0.2, 0) is 4.79 Å². The maximum absolute atomic E-state index is 11.4. The molecule has 82 valence electrons. The fourth-order valence-electron chi connectivity index (χ4n) is 1.44. The number of hydrogen-bond donors (Lipinski definition) is 1. The number of carbonyl (C=O) groups excluding carboxylic acids is 1. The van der Waals surface area contributed by atoms with Crippen molar-refractivity contribution in [2.24, 2.45) is 0 Å². The van der Waals surface area contributed by atoms with Crippen LogP contribution in [0, 0.1) is 0 Å². The standard InChI is InChI=1S/C10H8N2OS3/c13-8-7(16-10(14)12-8)3-6-4-15-9(11-6)5-1-2-5/h3-5H,1-2H2,(H,12,13,14)/b7-3+. The van der Waals surface area contributed by atoms with E-state index in [0.29, 0.717) is 15.1 Å². The van der Waals surface area contributed by atoms with Gasteiger partial charge in [0.05, 0.1) is 15.6 Å². The molecule has 3 rings (SSSR count). The van der Waals surface area contributed by atoms with E-state index < -0.39 is 0 Å². The number of carbonyl (C=O) groups is 1. The van der Waals surface area contributed by atoms with Gasteiger partial charge in [-0.1, -0.05) is 24.0 Å². The zero-order valence-electron chi connectivity index (χ0n) is 8.23. The Kier molecular flexibility index (Phi) is 2.57. The third-order valence-electron chi connectivity index (χ3n) is 2.39. The Bertz CT molecular complexity index is 502. The Hall–Kier alpha value is -0.720. The maximum Gasteiger partial charge on any atom is 0.263 e. The number of aromatic nitrogens is 1. The number of nitrogens with one attached hydrogen (secondary N) is 1. The molecule has 0 unspecified atom stereocenters. The van der Waals surface area contributed by atoms with E-state index in [0.717, 1.165) is 5.69 Å². The van der Waals surface area contributed by atoms with Crippen molar-refractivity contribution in [1.29, 1.82) is 0 Å². The molecule has 1 aliphatic carbocycles. The maximum atomic E-state index is 11.4. The predicted octanol–water partition coefficient (Wildman–Crippen LogP) is 2.51. The molecule has 1 saturated carbocycles. The summed E-state index contributed by atoms with van der Waals surface area (Å²) in [6.07, 6.45) is 4.31. The first kappa shape index (κ1) is 10.4. The first-order valence-corrected chi connectivity index (χ1v) is 7.03. The quantitative estimate of drug-likeness (QED) is 0.661. The molecule has 3 nitrogen and oxygen atoms in total. The van der Waals surface area contributed by atoms with Gasteiger partial charge in [-0.3, -0.25) is 4.79 Å². The van der Waals surface area contributed by atoms with Gasteiger partial charge in [0.2, 0.25) is 0 Å². The molecule has 6 heteroatoms. The van der Waals surface area contributed by atoms with Crippen molar-refractivity contribution in [3.63, 3.8) is 0 Å². The zero-order chi connectivity index (χ0) is 11.1. The third-order valence-corrected chi connectivity index (χ3v) is 4.58. The highest BCUT2D eigenvalue weighted by molar-refractivity contribution is 8.26. The van der Waals surface area contributed by atoms with E-state index in [1.165, 1.54) is 29.6 Å². The Balaban J connectivity index is 1.84. The zero-order valence-corrected chi connectivity index (χ0v) is 10.7. The van der Waals surface area contributed by atoms with Gasteiger partial charge in [-0.2, -0.15) is 0 Å². The van der Waals surface area contributed by atoms with Crippen LogP contribution >= 0.6 is 35.3 Å². The highest BCUT2D eigenvalue weighted by Crippen LogP contribution is 2.41. The second kappa shape index (κ2) is 3.94. The summed E-state index contributed by atoms with van der Waals surface area (Å²) in [6.45, 7) is 0. The molecular weight excluding hydrogens is 260 g/mol. The van der Waals surface area contributed by atoms with E-state index in [1.807, 2.05) is 11.5 Å². The number of rotatable bonds is 2. The molecule has 0 bridgehead atoms. The molecule has 0 radical (unpaired) electrons. The van der Waals surface area contributed by atoms with E-state index in [9.17, 15) is 4.79 Å². The molecule has 1 aromatic heterocycles. The van der Waals surface area contributed by atoms with Gasteiger partial charge in [0.25, 0.3) is 5.91 Å². The van der Waals surface area contributed by atoms with Gasteiger partial charge in [0, 0.05) is 11.3 Å². The van der Waals surface area contributed by atoms with Crippen LogP contribution in [0.4, 0.5) is 0 Å². The van der Waals surface area contributed by atoms with Gasteiger partial charge in [-0.05, 0) is 18.9 Å². The van der Waals surface area contributed by atoms with Gasteiger partial charge in [-0.15, -0.1) is 11.3 Å². The highest BCUT2D eigenvalue weighted by Gasteiger charge is 2.27. The second-order valence-corrected chi connectivity index (χ2v) is 6.35. The van der Waals surface area contributed by atoms with Crippen LogP contribution in [0.2, 0.25) is 0 Å². The van der Waals surface area contributed by atoms with Crippen molar-refractivity contribution in [2.75, 3.05) is 0 Å². The molecule has 0 atom stereocenters. The first-order chi connectivity index (χ1) is 7.72. The molecule has 1 amide bonds. The van der Waals surface area contributed by atoms with Crippen molar-refractivity contribution in [2.45, 2.75) is 18.8 Å². The van der Waals surface area contributed by atoms with Gasteiger partial charge < -0.3 is 5.32 Å². The lowest BCUT2D eigenvalue weighted by molar-refractivity contribution is -0.115. The Morgan fingerprint density at radius 2 is 2.38 bits per heavy atom. The van der Waals surface area contributed by atoms with Crippen LogP contribution in [-0.4, -0.2) is 15.2 Å². The highest BCUT2D eigenvalue weighted by atomic mass is 32.2. The lowest BCUT2D eigenvalue weighted by Crippen LogP contribution is -2.17. The minimum atomic E-state index is -0.115. The Morgan fingerprint density at radius 3 is 3.00 bits per heavy atom. The lowest BCUT2D eigenvalue weighted by atomic mass is 10.4.